The molecule has 7 heteroatoms. The van der Waals surface area contributed by atoms with E-state index in [0.717, 1.165) is 5.56 Å². The summed E-state index contributed by atoms with van der Waals surface area (Å²) < 4.78 is 11.2. The molecule has 6 nitrogen and oxygen atoms in total. The first-order chi connectivity index (χ1) is 16.3. The summed E-state index contributed by atoms with van der Waals surface area (Å²) in [5.41, 5.74) is 1.93. The lowest BCUT2D eigenvalue weighted by molar-refractivity contribution is -0.140. The molecule has 0 saturated carbocycles. The lowest BCUT2D eigenvalue weighted by Gasteiger charge is -2.24. The van der Waals surface area contributed by atoms with Crippen molar-refractivity contribution in [2.45, 2.75) is 33.4 Å². The lowest BCUT2D eigenvalue weighted by atomic mass is 9.94. The number of Topliss-reactive ketones (excluding diaryl/α,β-unsaturated/α-hetero) is 1. The third-order valence-corrected chi connectivity index (χ3v) is 5.90. The van der Waals surface area contributed by atoms with Gasteiger partial charge in [0.05, 0.1) is 31.0 Å². The zero-order valence-corrected chi connectivity index (χ0v) is 20.0. The quantitative estimate of drug-likeness (QED) is 0.259. The molecular weight excluding hydrogens is 454 g/mol. The topological polar surface area (TPSA) is 80.0 Å². The highest BCUT2D eigenvalue weighted by molar-refractivity contribution is 6.46. The summed E-state index contributed by atoms with van der Waals surface area (Å²) in [6, 6.07) is 14.7. The van der Waals surface area contributed by atoms with Gasteiger partial charge in [-0.25, -0.2) is 0 Å². The molecule has 2 aromatic carbocycles. The van der Waals surface area contributed by atoms with Gasteiger partial charge in [0.15, 0.2) is 0 Å². The van der Waals surface area contributed by atoms with E-state index in [2.05, 4.69) is 13.8 Å². The number of aliphatic hydroxyl groups excluding tert-OH is 1. The second-order valence-electron chi connectivity index (χ2n) is 8.74. The Labute approximate surface area is 203 Å². The summed E-state index contributed by atoms with van der Waals surface area (Å²) >= 11 is 6.06. The summed E-state index contributed by atoms with van der Waals surface area (Å²) in [5.74, 6) is -0.0785. The average Bonchev–Trinajstić information content (AvgIpc) is 3.41. The van der Waals surface area contributed by atoms with Gasteiger partial charge in [-0.3, -0.25) is 9.59 Å². The third kappa shape index (κ3) is 4.73. The maximum absolute atomic E-state index is 13.1. The van der Waals surface area contributed by atoms with Crippen LogP contribution in [0.5, 0.6) is 5.75 Å². The number of likely N-dealkylation sites (tertiary alicyclic amines) is 1. The zero-order valence-electron chi connectivity index (χ0n) is 19.2. The van der Waals surface area contributed by atoms with Crippen molar-refractivity contribution in [1.29, 1.82) is 0 Å². The molecule has 1 N–H and O–H groups in total. The summed E-state index contributed by atoms with van der Waals surface area (Å²) in [6.45, 7) is 6.66. The minimum absolute atomic E-state index is 0.0223. The van der Waals surface area contributed by atoms with Gasteiger partial charge in [0.1, 0.15) is 17.3 Å². The van der Waals surface area contributed by atoms with E-state index in [1.807, 2.05) is 6.92 Å². The minimum Gasteiger partial charge on any atom is -0.507 e. The first-order valence-corrected chi connectivity index (χ1v) is 11.4. The molecule has 1 aromatic heterocycles. The number of ketones is 1. The van der Waals surface area contributed by atoms with Gasteiger partial charge in [-0.2, -0.15) is 0 Å². The zero-order chi connectivity index (χ0) is 24.4. The Bertz CT molecular complexity index is 1230. The number of hydrogen-bond acceptors (Lipinski definition) is 5. The fourth-order valence-corrected chi connectivity index (χ4v) is 4.10. The molecule has 4 rings (SSSR count). The highest BCUT2D eigenvalue weighted by atomic mass is 35.5. The number of aliphatic hydroxyl groups is 1. The van der Waals surface area contributed by atoms with Gasteiger partial charge in [-0.05, 0) is 66.4 Å². The molecule has 0 spiro atoms. The van der Waals surface area contributed by atoms with Gasteiger partial charge in [-0.1, -0.05) is 37.6 Å². The molecule has 176 valence electrons. The van der Waals surface area contributed by atoms with Crippen LogP contribution in [0, 0.1) is 12.8 Å². The average molecular weight is 480 g/mol. The Balaban J connectivity index is 1.78. The van der Waals surface area contributed by atoms with E-state index >= 15 is 0 Å². The first-order valence-electron chi connectivity index (χ1n) is 11.1. The number of carbonyl (C=O) groups is 2. The summed E-state index contributed by atoms with van der Waals surface area (Å²) in [5, 5.41) is 11.8. The molecule has 1 aliphatic heterocycles. The van der Waals surface area contributed by atoms with Crippen molar-refractivity contribution in [3.05, 3.63) is 93.9 Å². The molecule has 1 saturated heterocycles. The van der Waals surface area contributed by atoms with Crippen LogP contribution in [0.1, 0.15) is 42.3 Å². The van der Waals surface area contributed by atoms with Gasteiger partial charge in [-0.15, -0.1) is 0 Å². The van der Waals surface area contributed by atoms with Gasteiger partial charge in [0, 0.05) is 10.6 Å². The number of carbonyl (C=O) groups excluding carboxylic acids is 2. The largest absolute Gasteiger partial charge is 0.507 e. The minimum atomic E-state index is -0.792. The van der Waals surface area contributed by atoms with E-state index < -0.39 is 17.7 Å². The van der Waals surface area contributed by atoms with Crippen LogP contribution in [0.2, 0.25) is 5.02 Å². The standard InChI is InChI=1S/C27H26ClNO5/c1-16(2)15-34-22-11-8-19(13-17(22)3)25(30)23-24(18-6-9-20(28)10-7-18)29(27(32)26(23)31)14-21-5-4-12-33-21/h4-13,16,24,30H,14-15H2,1-3H3/b25-23-. The number of rotatable bonds is 7. The highest BCUT2D eigenvalue weighted by Crippen LogP contribution is 2.41. The fourth-order valence-electron chi connectivity index (χ4n) is 3.98. The molecule has 1 aliphatic rings. The van der Waals surface area contributed by atoms with E-state index in [-0.39, 0.29) is 17.9 Å². The van der Waals surface area contributed by atoms with Crippen LogP contribution in [0.25, 0.3) is 5.76 Å². The van der Waals surface area contributed by atoms with Crippen LogP contribution < -0.4 is 4.74 Å². The van der Waals surface area contributed by atoms with Crippen LogP contribution in [-0.2, 0) is 16.1 Å². The lowest BCUT2D eigenvalue weighted by Crippen LogP contribution is -2.29. The van der Waals surface area contributed by atoms with Crippen molar-refractivity contribution >= 4 is 29.1 Å². The number of ether oxygens (including phenoxy) is 1. The molecule has 3 aromatic rings. The number of hydrogen-bond donors (Lipinski definition) is 1. The van der Waals surface area contributed by atoms with Crippen molar-refractivity contribution in [3.63, 3.8) is 0 Å². The SMILES string of the molecule is Cc1cc(/C(O)=C2/C(=O)C(=O)N(Cc3ccco3)C2c2ccc(Cl)cc2)ccc1OCC(C)C. The van der Waals surface area contributed by atoms with Gasteiger partial charge in [0.2, 0.25) is 0 Å². The molecule has 1 amide bonds. The molecule has 0 bridgehead atoms. The summed E-state index contributed by atoms with van der Waals surface area (Å²) in [4.78, 5) is 27.6. The normalized spacial score (nSPS) is 17.6. The molecule has 1 unspecified atom stereocenters. The molecule has 0 radical (unpaired) electrons. The maximum atomic E-state index is 13.1. The van der Waals surface area contributed by atoms with E-state index in [1.54, 1.807) is 54.6 Å². The second-order valence-corrected chi connectivity index (χ2v) is 9.18. The molecular formula is C27H26ClNO5. The van der Waals surface area contributed by atoms with Crippen molar-refractivity contribution < 1.29 is 23.8 Å². The maximum Gasteiger partial charge on any atom is 0.296 e. The molecule has 1 fully saturated rings. The number of halogens is 1. The van der Waals surface area contributed by atoms with E-state index in [1.165, 1.54) is 11.2 Å². The smallest absolute Gasteiger partial charge is 0.296 e. The Kier molecular flexibility index (Phi) is 6.80. The summed E-state index contributed by atoms with van der Waals surface area (Å²) in [7, 11) is 0. The van der Waals surface area contributed by atoms with E-state index in [0.29, 0.717) is 40.2 Å². The number of benzene rings is 2. The van der Waals surface area contributed by atoms with Crippen LogP contribution in [-0.4, -0.2) is 28.3 Å². The Hall–Kier alpha value is -3.51. The molecule has 0 aliphatic carbocycles. The van der Waals surface area contributed by atoms with Crippen LogP contribution >= 0.6 is 11.6 Å². The Morgan fingerprint density at radius 1 is 1.15 bits per heavy atom. The van der Waals surface area contributed by atoms with Crippen molar-refractivity contribution in [2.24, 2.45) is 5.92 Å². The Morgan fingerprint density at radius 2 is 1.88 bits per heavy atom. The van der Waals surface area contributed by atoms with Crippen molar-refractivity contribution in [1.82, 2.24) is 4.90 Å². The highest BCUT2D eigenvalue weighted by Gasteiger charge is 2.46. The predicted molar refractivity (Wildman–Crippen MR) is 130 cm³/mol. The van der Waals surface area contributed by atoms with Crippen molar-refractivity contribution in [2.75, 3.05) is 6.61 Å². The second kappa shape index (κ2) is 9.77. The van der Waals surface area contributed by atoms with E-state index in [4.69, 9.17) is 20.8 Å². The van der Waals surface area contributed by atoms with Crippen molar-refractivity contribution in [3.8, 4) is 5.75 Å². The fraction of sp³-hybridized carbons (Fsp3) is 0.259. The van der Waals surface area contributed by atoms with Gasteiger partial charge in [0.25, 0.3) is 11.7 Å². The number of furan rings is 1. The van der Waals surface area contributed by atoms with Gasteiger partial charge >= 0.3 is 0 Å². The predicted octanol–water partition coefficient (Wildman–Crippen LogP) is 5.90. The number of aryl methyl sites for hydroxylation is 1. The summed E-state index contributed by atoms with van der Waals surface area (Å²) in [6.07, 6.45) is 1.51. The molecule has 1 atom stereocenters. The van der Waals surface area contributed by atoms with Crippen LogP contribution in [0.3, 0.4) is 0 Å². The number of nitrogens with zero attached hydrogens (tertiary/aromatic N) is 1. The molecule has 34 heavy (non-hydrogen) atoms. The molecule has 2 heterocycles. The van der Waals surface area contributed by atoms with E-state index in [9.17, 15) is 14.7 Å². The number of amides is 1. The first kappa shape index (κ1) is 23.6. The van der Waals surface area contributed by atoms with Crippen LogP contribution in [0.15, 0.2) is 70.9 Å². The van der Waals surface area contributed by atoms with Crippen LogP contribution in [0.4, 0.5) is 0 Å². The monoisotopic (exact) mass is 479 g/mol. The Morgan fingerprint density at radius 3 is 2.50 bits per heavy atom. The van der Waals surface area contributed by atoms with Gasteiger partial charge < -0.3 is 19.2 Å². The third-order valence-electron chi connectivity index (χ3n) is 5.65.